The van der Waals surface area contributed by atoms with Crippen LogP contribution in [0, 0.1) is 5.92 Å². The first-order valence-electron chi connectivity index (χ1n) is 17.4. The molecule has 3 aromatic rings. The molecular formula is C35H40N8O6S4. The first-order chi connectivity index (χ1) is 25.5. The van der Waals surface area contributed by atoms with Crippen molar-refractivity contribution in [3.8, 4) is 0 Å². The van der Waals surface area contributed by atoms with Crippen molar-refractivity contribution in [3.05, 3.63) is 68.1 Å². The molecule has 6 heterocycles. The van der Waals surface area contributed by atoms with E-state index in [0.717, 1.165) is 5.56 Å². The lowest BCUT2D eigenvalue weighted by molar-refractivity contribution is -0.125. The van der Waals surface area contributed by atoms with Crippen molar-refractivity contribution >= 4 is 79.7 Å². The van der Waals surface area contributed by atoms with Crippen molar-refractivity contribution in [3.63, 3.8) is 0 Å². The van der Waals surface area contributed by atoms with Crippen LogP contribution in [-0.2, 0) is 25.5 Å². The second kappa shape index (κ2) is 16.2. The first-order valence-corrected chi connectivity index (χ1v) is 21.7. The summed E-state index contributed by atoms with van der Waals surface area (Å²) in [6.07, 6.45) is -0.194. The molecule has 0 saturated carbocycles. The van der Waals surface area contributed by atoms with Crippen LogP contribution in [0.5, 0.6) is 0 Å². The van der Waals surface area contributed by atoms with Crippen molar-refractivity contribution in [2.45, 2.75) is 89.0 Å². The Labute approximate surface area is 322 Å². The second-order valence-corrected chi connectivity index (χ2v) is 18.0. The van der Waals surface area contributed by atoms with E-state index < -0.39 is 60.3 Å². The van der Waals surface area contributed by atoms with Crippen LogP contribution in [0.3, 0.4) is 0 Å². The van der Waals surface area contributed by atoms with Gasteiger partial charge in [-0.15, -0.1) is 22.7 Å². The molecule has 1 aromatic carbocycles. The van der Waals surface area contributed by atoms with Gasteiger partial charge in [-0.1, -0.05) is 65.8 Å². The fraction of sp³-hybridized carbons (Fsp3) is 0.486. The van der Waals surface area contributed by atoms with Gasteiger partial charge in [0.15, 0.2) is 12.1 Å². The standard InChI is InChI=1S/C35H40N8O6S4/c1-16(2)10-20-34-40-22(12-50-34)28(44)38-25-15-53-52-14-24(32-42-26(17(3)48-32)30(46)36-20)39-29(45)23-13-51-35(41-23)21(11-19-8-6-5-7-9-19)37-31(47)27-18(4)49-33(25)43-27/h5-9,12-13,16-18,20-21,24-27H,10-11,14-15H2,1-4H3,(H,36,46)(H,37,47)(H,38,44)(H,39,45)/t17-,18-,20-,21-,24-,25-,26+,27+/m1/s1. The predicted octanol–water partition coefficient (Wildman–Crippen LogP) is 3.88. The molecule has 0 unspecified atom stereocenters. The van der Waals surface area contributed by atoms with E-state index in [1.807, 2.05) is 44.2 Å². The summed E-state index contributed by atoms with van der Waals surface area (Å²) < 4.78 is 12.4. The summed E-state index contributed by atoms with van der Waals surface area (Å²) in [4.78, 5) is 74.0. The Morgan fingerprint density at radius 3 is 1.72 bits per heavy atom. The molecule has 0 fully saturated rings. The summed E-state index contributed by atoms with van der Waals surface area (Å²) in [6, 6.07) is 5.50. The van der Waals surface area contributed by atoms with Gasteiger partial charge in [-0.25, -0.2) is 20.0 Å². The number of nitrogens with zero attached hydrogens (tertiary/aromatic N) is 4. The number of aliphatic imine (C=N–C) groups is 2. The lowest BCUT2D eigenvalue weighted by Crippen LogP contribution is -2.44. The van der Waals surface area contributed by atoms with E-state index in [1.165, 1.54) is 44.3 Å². The van der Waals surface area contributed by atoms with E-state index >= 15 is 0 Å². The van der Waals surface area contributed by atoms with E-state index in [0.29, 0.717) is 34.4 Å². The maximum absolute atomic E-state index is 13.9. The molecule has 0 aliphatic carbocycles. The monoisotopic (exact) mass is 796 g/mol. The normalized spacial score (nSPS) is 29.3. The molecule has 4 aliphatic heterocycles. The fourth-order valence-corrected chi connectivity index (χ4v) is 10.4. The zero-order valence-corrected chi connectivity index (χ0v) is 32.7. The molecular weight excluding hydrogens is 757 g/mol. The minimum Gasteiger partial charge on any atom is -0.474 e. The van der Waals surface area contributed by atoms with Crippen LogP contribution in [-0.4, -0.2) is 93.3 Å². The predicted molar refractivity (Wildman–Crippen MR) is 207 cm³/mol. The Kier molecular flexibility index (Phi) is 11.4. The summed E-state index contributed by atoms with van der Waals surface area (Å²) in [5.74, 6) is -0.229. The van der Waals surface area contributed by atoms with E-state index in [9.17, 15) is 19.2 Å². The molecule has 8 atom stereocenters. The molecule has 53 heavy (non-hydrogen) atoms. The molecule has 0 spiro atoms. The first kappa shape index (κ1) is 37.3. The maximum atomic E-state index is 13.9. The summed E-state index contributed by atoms with van der Waals surface area (Å²) in [5.41, 5.74) is 1.36. The highest BCUT2D eigenvalue weighted by atomic mass is 33.1. The molecule has 10 bridgehead atoms. The average Bonchev–Trinajstić information content (AvgIpc) is 3.94. The minimum absolute atomic E-state index is 0.184. The van der Waals surface area contributed by atoms with Gasteiger partial charge in [0.1, 0.15) is 45.7 Å². The number of hydrogen-bond donors (Lipinski definition) is 4. The van der Waals surface area contributed by atoms with Gasteiger partial charge in [-0.05, 0) is 38.2 Å². The molecule has 0 saturated heterocycles. The third-order valence-corrected chi connectivity index (χ3v) is 13.4. The van der Waals surface area contributed by atoms with E-state index in [1.54, 1.807) is 24.6 Å². The number of rotatable bonds is 4. The van der Waals surface area contributed by atoms with E-state index in [4.69, 9.17) is 19.5 Å². The number of nitrogens with one attached hydrogen (secondary N) is 4. The van der Waals surface area contributed by atoms with Crippen LogP contribution in [0.15, 0.2) is 51.1 Å². The number of amides is 4. The fourth-order valence-electron chi connectivity index (χ4n) is 6.35. The highest BCUT2D eigenvalue weighted by Crippen LogP contribution is 2.31. The molecule has 7 rings (SSSR count). The molecule has 4 amide bonds. The van der Waals surface area contributed by atoms with Crippen LogP contribution >= 0.6 is 44.3 Å². The molecule has 14 nitrogen and oxygen atoms in total. The summed E-state index contributed by atoms with van der Waals surface area (Å²) in [6.45, 7) is 7.65. The van der Waals surface area contributed by atoms with Crippen molar-refractivity contribution in [2.24, 2.45) is 15.9 Å². The van der Waals surface area contributed by atoms with Gasteiger partial charge in [0.25, 0.3) is 11.8 Å². The number of ether oxygens (including phenoxy) is 2. The number of thiazole rings is 2. The maximum Gasteiger partial charge on any atom is 0.271 e. The zero-order valence-electron chi connectivity index (χ0n) is 29.4. The third-order valence-electron chi connectivity index (χ3n) is 9.06. The number of fused-ring (bicyclic) bond motifs is 13. The number of aromatic nitrogens is 2. The Hall–Kier alpha value is -4.00. The van der Waals surface area contributed by atoms with Gasteiger partial charge in [-0.2, -0.15) is 0 Å². The van der Waals surface area contributed by atoms with Gasteiger partial charge in [0.05, 0.1) is 12.1 Å². The largest absolute Gasteiger partial charge is 0.474 e. The SMILES string of the molecule is CC(C)C[C@H]1NC(=O)[C@H]2N=C(O[C@@H]2C)[C@H]2CSSC[C@@H](NC(=O)c3csc1n3)C1=N[C@H](C(=O)N[C@H](Cc3ccccc3)c3nc(cs3)C(=O)N2)[C@@H](C)O1. The topological polar surface area (TPSA) is 185 Å². The van der Waals surface area contributed by atoms with Crippen LogP contribution in [0.2, 0.25) is 0 Å². The van der Waals surface area contributed by atoms with Gasteiger partial charge < -0.3 is 30.7 Å². The molecule has 4 aliphatic rings. The van der Waals surface area contributed by atoms with Crippen LogP contribution in [0.4, 0.5) is 0 Å². The molecule has 18 heteroatoms. The van der Waals surface area contributed by atoms with Crippen LogP contribution in [0.25, 0.3) is 0 Å². The van der Waals surface area contributed by atoms with Crippen molar-refractivity contribution < 1.29 is 28.7 Å². The minimum atomic E-state index is -0.886. The van der Waals surface area contributed by atoms with Gasteiger partial charge in [0.2, 0.25) is 23.6 Å². The smallest absolute Gasteiger partial charge is 0.271 e. The molecule has 280 valence electrons. The molecule has 0 radical (unpaired) electrons. The Morgan fingerprint density at radius 2 is 1.21 bits per heavy atom. The number of carbonyl (C=O) groups excluding carboxylic acids is 4. The van der Waals surface area contributed by atoms with Crippen LogP contribution in [0.1, 0.15) is 82.8 Å². The second-order valence-electron chi connectivity index (χ2n) is 13.7. The lowest BCUT2D eigenvalue weighted by atomic mass is 10.0. The zero-order chi connectivity index (χ0) is 37.2. The highest BCUT2D eigenvalue weighted by Gasteiger charge is 2.41. The third kappa shape index (κ3) is 8.55. The molecule has 2 aromatic heterocycles. The Balaban J connectivity index is 1.29. The summed E-state index contributed by atoms with van der Waals surface area (Å²) >= 11 is 2.56. The molecule has 4 N–H and O–H groups in total. The number of hydrogen-bond acceptors (Lipinski definition) is 14. The quantitative estimate of drug-likeness (QED) is 0.283. The lowest BCUT2D eigenvalue weighted by Gasteiger charge is -2.22. The Morgan fingerprint density at radius 1 is 0.717 bits per heavy atom. The number of carbonyl (C=O) groups is 4. The summed E-state index contributed by atoms with van der Waals surface area (Å²) in [5, 5.41) is 16.8. The van der Waals surface area contributed by atoms with Crippen molar-refractivity contribution in [1.29, 1.82) is 0 Å². The van der Waals surface area contributed by atoms with Gasteiger partial charge in [0, 0.05) is 22.3 Å². The van der Waals surface area contributed by atoms with Gasteiger partial charge in [-0.3, -0.25) is 19.2 Å². The summed E-state index contributed by atoms with van der Waals surface area (Å²) in [7, 11) is 2.85. The van der Waals surface area contributed by atoms with Gasteiger partial charge >= 0.3 is 0 Å². The van der Waals surface area contributed by atoms with Crippen LogP contribution < -0.4 is 21.3 Å². The van der Waals surface area contributed by atoms with E-state index in [-0.39, 0.29) is 40.9 Å². The van der Waals surface area contributed by atoms with E-state index in [2.05, 4.69) is 31.2 Å². The van der Waals surface area contributed by atoms with Crippen molar-refractivity contribution in [2.75, 3.05) is 11.5 Å². The highest BCUT2D eigenvalue weighted by molar-refractivity contribution is 8.76. The average molecular weight is 797 g/mol. The number of benzene rings is 1. The van der Waals surface area contributed by atoms with Crippen molar-refractivity contribution in [1.82, 2.24) is 31.2 Å². The Bertz CT molecular complexity index is 1920.